The highest BCUT2D eigenvalue weighted by atomic mass is 16.6. The number of hydrogen-bond donors (Lipinski definition) is 0. The molecule has 1 rings (SSSR count). The van der Waals surface area contributed by atoms with Crippen LogP contribution in [-0.4, -0.2) is 48.5 Å². The Hall–Kier alpha value is -2.04. The summed E-state index contributed by atoms with van der Waals surface area (Å²) in [5.41, 5.74) is -0.483. The summed E-state index contributed by atoms with van der Waals surface area (Å²) in [5.74, 6) is -0.0493. The minimum Gasteiger partial charge on any atom is -0.444 e. The molecule has 5 nitrogen and oxygen atoms in total. The van der Waals surface area contributed by atoms with Gasteiger partial charge in [-0.3, -0.25) is 4.79 Å². The molecule has 0 aromatic heterocycles. The molecule has 0 bridgehead atoms. The van der Waals surface area contributed by atoms with Crippen LogP contribution in [-0.2, 0) is 15.1 Å². The number of carbonyl (C=O) groups excluding carboxylic acids is 2. The van der Waals surface area contributed by atoms with Crippen molar-refractivity contribution in [3.8, 4) is 0 Å². The summed E-state index contributed by atoms with van der Waals surface area (Å²) in [4.78, 5) is 27.8. The Kier molecular flexibility index (Phi) is 5.81. The van der Waals surface area contributed by atoms with E-state index < -0.39 is 17.2 Å². The van der Waals surface area contributed by atoms with Crippen LogP contribution in [0.4, 0.5) is 4.79 Å². The molecular formula is C18H28N2O3. The molecule has 23 heavy (non-hydrogen) atoms. The van der Waals surface area contributed by atoms with E-state index in [1.165, 1.54) is 9.80 Å². The second-order valence-electron chi connectivity index (χ2n) is 7.14. The highest BCUT2D eigenvalue weighted by molar-refractivity contribution is 5.78. The lowest BCUT2D eigenvalue weighted by atomic mass is 9.86. The number of rotatable bonds is 4. The summed E-state index contributed by atoms with van der Waals surface area (Å²) in [5, 5.41) is 0. The van der Waals surface area contributed by atoms with Crippen LogP contribution in [0.25, 0.3) is 0 Å². The van der Waals surface area contributed by atoms with E-state index in [0.29, 0.717) is 0 Å². The second-order valence-corrected chi connectivity index (χ2v) is 7.14. The van der Waals surface area contributed by atoms with Crippen LogP contribution in [0.2, 0.25) is 0 Å². The lowest BCUT2D eigenvalue weighted by Crippen LogP contribution is -2.49. The first-order valence-corrected chi connectivity index (χ1v) is 7.70. The molecule has 0 saturated carbocycles. The fourth-order valence-corrected chi connectivity index (χ4v) is 2.20. The van der Waals surface area contributed by atoms with E-state index in [1.807, 2.05) is 58.0 Å². The molecule has 128 valence electrons. The van der Waals surface area contributed by atoms with E-state index in [1.54, 1.807) is 21.1 Å². The minimum absolute atomic E-state index is 0.0493. The van der Waals surface area contributed by atoms with E-state index >= 15 is 0 Å². The quantitative estimate of drug-likeness (QED) is 0.855. The Bertz CT molecular complexity index is 549. The van der Waals surface area contributed by atoms with E-state index in [-0.39, 0.29) is 12.3 Å². The average Bonchev–Trinajstić information content (AvgIpc) is 2.45. The predicted molar refractivity (Wildman–Crippen MR) is 91.1 cm³/mol. The fraction of sp³-hybridized carbons (Fsp3) is 0.556. The number of hydrogen-bond acceptors (Lipinski definition) is 3. The second kappa shape index (κ2) is 7.02. The Labute approximate surface area is 139 Å². The van der Waals surface area contributed by atoms with Crippen LogP contribution in [0.1, 0.15) is 39.7 Å². The summed E-state index contributed by atoms with van der Waals surface area (Å²) in [7, 11) is 5.09. The monoisotopic (exact) mass is 320 g/mol. The smallest absolute Gasteiger partial charge is 0.410 e. The van der Waals surface area contributed by atoms with Crippen molar-refractivity contribution in [1.29, 1.82) is 0 Å². The van der Waals surface area contributed by atoms with Crippen molar-refractivity contribution in [2.24, 2.45) is 0 Å². The molecule has 1 atom stereocenters. The Balaban J connectivity index is 3.18. The lowest BCUT2D eigenvalue weighted by molar-refractivity contribution is -0.131. The Morgan fingerprint density at radius 2 is 1.52 bits per heavy atom. The van der Waals surface area contributed by atoms with Gasteiger partial charge in [0.05, 0.1) is 12.0 Å². The van der Waals surface area contributed by atoms with Crippen molar-refractivity contribution >= 4 is 12.0 Å². The summed E-state index contributed by atoms with van der Waals surface area (Å²) in [6.45, 7) is 7.35. The summed E-state index contributed by atoms with van der Waals surface area (Å²) in [6.07, 6.45) is -0.268. The van der Waals surface area contributed by atoms with E-state index in [2.05, 4.69) is 0 Å². The predicted octanol–water partition coefficient (Wildman–Crippen LogP) is 3.25. The molecule has 0 fully saturated rings. The largest absolute Gasteiger partial charge is 0.444 e. The summed E-state index contributed by atoms with van der Waals surface area (Å²) in [6, 6.07) is 9.55. The van der Waals surface area contributed by atoms with Crippen LogP contribution >= 0.6 is 0 Å². The molecule has 0 saturated heterocycles. The molecule has 5 heteroatoms. The van der Waals surface area contributed by atoms with Crippen molar-refractivity contribution < 1.29 is 14.3 Å². The van der Waals surface area contributed by atoms with Gasteiger partial charge < -0.3 is 14.5 Å². The number of nitrogens with zero attached hydrogens (tertiary/aromatic N) is 2. The van der Waals surface area contributed by atoms with Gasteiger partial charge in [0.1, 0.15) is 5.60 Å². The zero-order valence-electron chi connectivity index (χ0n) is 15.2. The van der Waals surface area contributed by atoms with Crippen LogP contribution in [0.3, 0.4) is 0 Å². The average molecular weight is 320 g/mol. The topological polar surface area (TPSA) is 49.9 Å². The van der Waals surface area contributed by atoms with Crippen molar-refractivity contribution in [2.75, 3.05) is 21.1 Å². The Morgan fingerprint density at radius 3 is 1.96 bits per heavy atom. The molecule has 1 aromatic rings. The molecule has 1 unspecified atom stereocenters. The van der Waals surface area contributed by atoms with E-state index in [4.69, 9.17) is 4.74 Å². The molecule has 0 heterocycles. The SMILES string of the molecule is CN(C)C(=O)CC(C)(c1ccccc1)N(C)C(=O)OC(C)(C)C. The third-order valence-corrected chi connectivity index (χ3v) is 3.80. The van der Waals surface area contributed by atoms with Gasteiger partial charge in [0.25, 0.3) is 0 Å². The van der Waals surface area contributed by atoms with Crippen LogP contribution in [0.5, 0.6) is 0 Å². The summed E-state index contributed by atoms with van der Waals surface area (Å²) < 4.78 is 5.47. The maximum Gasteiger partial charge on any atom is 0.410 e. The molecule has 1 aromatic carbocycles. The zero-order valence-corrected chi connectivity index (χ0v) is 15.2. The van der Waals surface area contributed by atoms with Crippen LogP contribution < -0.4 is 0 Å². The van der Waals surface area contributed by atoms with Crippen LogP contribution in [0, 0.1) is 0 Å². The molecule has 0 aliphatic heterocycles. The number of benzene rings is 1. The van der Waals surface area contributed by atoms with Crippen molar-refractivity contribution in [1.82, 2.24) is 9.80 Å². The number of amides is 2. The third kappa shape index (κ3) is 4.98. The van der Waals surface area contributed by atoms with Gasteiger partial charge in [-0.15, -0.1) is 0 Å². The number of ether oxygens (including phenoxy) is 1. The van der Waals surface area contributed by atoms with E-state index in [0.717, 1.165) is 5.56 Å². The molecule has 0 spiro atoms. The molecule has 0 aliphatic carbocycles. The van der Waals surface area contributed by atoms with Crippen LogP contribution in [0.15, 0.2) is 30.3 Å². The first kappa shape index (κ1) is 19.0. The first-order chi connectivity index (χ1) is 10.5. The third-order valence-electron chi connectivity index (χ3n) is 3.80. The first-order valence-electron chi connectivity index (χ1n) is 7.70. The number of carbonyl (C=O) groups is 2. The van der Waals surface area contributed by atoms with Crippen molar-refractivity contribution in [2.45, 2.75) is 45.3 Å². The molecule has 2 amide bonds. The molecule has 0 N–H and O–H groups in total. The summed E-state index contributed by atoms with van der Waals surface area (Å²) >= 11 is 0. The van der Waals surface area contributed by atoms with Gasteiger partial charge in [0, 0.05) is 21.1 Å². The molecular weight excluding hydrogens is 292 g/mol. The van der Waals surface area contributed by atoms with Gasteiger partial charge in [0.15, 0.2) is 0 Å². The van der Waals surface area contributed by atoms with Crippen molar-refractivity contribution in [3.05, 3.63) is 35.9 Å². The highest BCUT2D eigenvalue weighted by Gasteiger charge is 2.39. The lowest BCUT2D eigenvalue weighted by Gasteiger charge is -2.40. The van der Waals surface area contributed by atoms with Gasteiger partial charge >= 0.3 is 6.09 Å². The maximum atomic E-state index is 12.5. The Morgan fingerprint density at radius 1 is 1.00 bits per heavy atom. The fourth-order valence-electron chi connectivity index (χ4n) is 2.20. The van der Waals surface area contributed by atoms with Crippen molar-refractivity contribution in [3.63, 3.8) is 0 Å². The highest BCUT2D eigenvalue weighted by Crippen LogP contribution is 2.32. The normalized spacial score (nSPS) is 13.9. The minimum atomic E-state index is -0.787. The zero-order chi connectivity index (χ0) is 17.8. The molecule has 0 radical (unpaired) electrons. The maximum absolute atomic E-state index is 12.5. The van der Waals surface area contributed by atoms with Gasteiger partial charge in [-0.05, 0) is 33.3 Å². The van der Waals surface area contributed by atoms with Gasteiger partial charge in [-0.1, -0.05) is 30.3 Å². The molecule has 0 aliphatic rings. The van der Waals surface area contributed by atoms with Gasteiger partial charge in [-0.25, -0.2) is 4.79 Å². The van der Waals surface area contributed by atoms with Gasteiger partial charge in [-0.2, -0.15) is 0 Å². The van der Waals surface area contributed by atoms with Gasteiger partial charge in [0.2, 0.25) is 5.91 Å². The van der Waals surface area contributed by atoms with E-state index in [9.17, 15) is 9.59 Å². The standard InChI is InChI=1S/C18H28N2O3/c1-17(2,3)23-16(22)20(7)18(4,13-15(21)19(5)6)14-11-9-8-10-12-14/h8-12H,13H2,1-7H3.